The van der Waals surface area contributed by atoms with Gasteiger partial charge in [0, 0.05) is 28.7 Å². The van der Waals surface area contributed by atoms with Gasteiger partial charge in [0.15, 0.2) is 0 Å². The van der Waals surface area contributed by atoms with E-state index in [9.17, 15) is 0 Å². The van der Waals surface area contributed by atoms with Gasteiger partial charge in [-0.1, -0.05) is 70.6 Å². The fourth-order valence-electron chi connectivity index (χ4n) is 3.53. The van der Waals surface area contributed by atoms with Crippen LogP contribution in [0.3, 0.4) is 0 Å². The molecule has 1 aromatic heterocycles. The maximum absolute atomic E-state index is 6.94. The van der Waals surface area contributed by atoms with Crippen LogP contribution in [0.5, 0.6) is 11.5 Å². The lowest BCUT2D eigenvalue weighted by atomic mass is 9.87. The van der Waals surface area contributed by atoms with Crippen molar-refractivity contribution in [2.75, 3.05) is 0 Å². The summed E-state index contributed by atoms with van der Waals surface area (Å²) in [6, 6.07) is 25.6. The maximum Gasteiger partial charge on any atom is 0.127 e. The summed E-state index contributed by atoms with van der Waals surface area (Å²) in [6.45, 7) is 4.92. The van der Waals surface area contributed by atoms with Gasteiger partial charge in [-0.15, -0.1) is 0 Å². The van der Waals surface area contributed by atoms with Crippen molar-refractivity contribution in [3.8, 4) is 11.5 Å². The zero-order chi connectivity index (χ0) is 22.8. The van der Waals surface area contributed by atoms with Gasteiger partial charge in [0.1, 0.15) is 15.0 Å². The van der Waals surface area contributed by atoms with E-state index in [4.69, 9.17) is 22.1 Å². The predicted octanol–water partition coefficient (Wildman–Crippen LogP) is 6.80. The molecule has 4 rings (SSSR count). The van der Waals surface area contributed by atoms with E-state index in [1.807, 2.05) is 66.7 Å². The highest BCUT2D eigenvalue weighted by molar-refractivity contribution is 14.1. The van der Waals surface area contributed by atoms with Gasteiger partial charge >= 0.3 is 0 Å². The number of nitrogens with two attached hydrogens (primary N) is 1. The molecule has 0 spiro atoms. The normalized spacial score (nSPS) is 13.7. The summed E-state index contributed by atoms with van der Waals surface area (Å²) in [5.74, 6) is 1.63. The number of ether oxygens (including phenoxy) is 1. The number of hydrogen-bond donors (Lipinski definition) is 2. The van der Waals surface area contributed by atoms with Gasteiger partial charge in [0.25, 0.3) is 0 Å². The molecule has 164 valence electrons. The number of nitrogens with zero attached hydrogens (tertiary/aromatic N) is 1. The molecule has 1 atom stereocenters. The van der Waals surface area contributed by atoms with Crippen LogP contribution in [0.2, 0.25) is 5.02 Å². The van der Waals surface area contributed by atoms with Crippen molar-refractivity contribution in [1.29, 1.82) is 0 Å². The molecule has 0 saturated heterocycles. The standard InChI is InChI=1S/C26H25ClIN3O/c1-25(2,26(28,29)23-14-15-30-24-16-19(27)10-13-22(23)24)31-17-18-8-11-21(12-9-18)32-20-6-4-3-5-7-20/h3-16,31H,17,29H2,1-2H3. The largest absolute Gasteiger partial charge is 0.457 e. The van der Waals surface area contributed by atoms with Crippen LogP contribution in [-0.4, -0.2) is 10.5 Å². The Morgan fingerprint density at radius 3 is 2.38 bits per heavy atom. The molecule has 32 heavy (non-hydrogen) atoms. The van der Waals surface area contributed by atoms with E-state index in [1.54, 1.807) is 6.20 Å². The molecule has 1 unspecified atom stereocenters. The minimum absolute atomic E-state index is 0.416. The van der Waals surface area contributed by atoms with Gasteiger partial charge in [0.2, 0.25) is 0 Å². The molecule has 0 amide bonds. The zero-order valence-electron chi connectivity index (χ0n) is 18.0. The van der Waals surface area contributed by atoms with Crippen LogP contribution >= 0.6 is 34.2 Å². The summed E-state index contributed by atoms with van der Waals surface area (Å²) in [6.07, 6.45) is 1.79. The fourth-order valence-corrected chi connectivity index (χ4v) is 4.35. The van der Waals surface area contributed by atoms with Gasteiger partial charge in [-0.3, -0.25) is 4.98 Å². The van der Waals surface area contributed by atoms with Crippen molar-refractivity contribution in [1.82, 2.24) is 10.3 Å². The molecule has 0 aliphatic carbocycles. The second kappa shape index (κ2) is 9.35. The number of halogens is 2. The van der Waals surface area contributed by atoms with Crippen molar-refractivity contribution >= 4 is 45.1 Å². The number of rotatable bonds is 7. The summed E-state index contributed by atoms with van der Waals surface area (Å²) in [4.78, 5) is 4.45. The Bertz CT molecular complexity index is 1210. The topological polar surface area (TPSA) is 60.2 Å². The molecule has 4 aromatic rings. The first kappa shape index (κ1) is 23.0. The van der Waals surface area contributed by atoms with Crippen molar-refractivity contribution in [3.63, 3.8) is 0 Å². The van der Waals surface area contributed by atoms with Crippen LogP contribution in [0.25, 0.3) is 10.9 Å². The van der Waals surface area contributed by atoms with Crippen LogP contribution in [-0.2, 0) is 10.1 Å². The third kappa shape index (κ3) is 4.91. The third-order valence-electron chi connectivity index (χ3n) is 5.64. The summed E-state index contributed by atoms with van der Waals surface area (Å²) in [5.41, 5.74) is 9.53. The number of hydrogen-bond acceptors (Lipinski definition) is 4. The lowest BCUT2D eigenvalue weighted by Gasteiger charge is -2.41. The molecule has 4 nitrogen and oxygen atoms in total. The van der Waals surface area contributed by atoms with Gasteiger partial charge < -0.3 is 15.8 Å². The molecule has 0 saturated carbocycles. The monoisotopic (exact) mass is 557 g/mol. The Morgan fingerprint density at radius 1 is 0.969 bits per heavy atom. The number of nitrogens with one attached hydrogen (secondary N) is 1. The van der Waals surface area contributed by atoms with E-state index in [1.165, 1.54) is 0 Å². The molecule has 0 bridgehead atoms. The van der Waals surface area contributed by atoms with Crippen LogP contribution in [0, 0.1) is 0 Å². The maximum atomic E-state index is 6.94. The van der Waals surface area contributed by atoms with E-state index in [0.717, 1.165) is 33.5 Å². The van der Waals surface area contributed by atoms with Crippen molar-refractivity contribution in [2.45, 2.75) is 29.5 Å². The molecule has 3 N–H and O–H groups in total. The second-order valence-corrected chi connectivity index (χ2v) is 10.4. The third-order valence-corrected chi connectivity index (χ3v) is 7.81. The summed E-state index contributed by atoms with van der Waals surface area (Å²) in [5, 5.41) is 5.31. The highest BCUT2D eigenvalue weighted by Gasteiger charge is 2.41. The first-order valence-corrected chi connectivity index (χ1v) is 11.8. The first-order chi connectivity index (χ1) is 15.3. The molecule has 0 aliphatic rings. The summed E-state index contributed by atoms with van der Waals surface area (Å²) in [7, 11) is 0. The minimum atomic E-state index is -0.684. The highest BCUT2D eigenvalue weighted by atomic mass is 127. The number of fused-ring (bicyclic) bond motifs is 1. The number of alkyl halides is 1. The first-order valence-electron chi connectivity index (χ1n) is 10.4. The van der Waals surface area contributed by atoms with Crippen molar-refractivity contribution in [3.05, 3.63) is 101 Å². The van der Waals surface area contributed by atoms with Gasteiger partial charge in [-0.25, -0.2) is 0 Å². The van der Waals surface area contributed by atoms with E-state index in [2.05, 4.69) is 58.9 Å². The molecule has 6 heteroatoms. The van der Waals surface area contributed by atoms with Gasteiger partial charge in [-0.2, -0.15) is 0 Å². The number of aromatic nitrogens is 1. The Morgan fingerprint density at radius 2 is 1.66 bits per heavy atom. The van der Waals surface area contributed by atoms with Crippen molar-refractivity contribution in [2.24, 2.45) is 5.73 Å². The fraction of sp³-hybridized carbons (Fsp3) is 0.192. The van der Waals surface area contributed by atoms with Crippen molar-refractivity contribution < 1.29 is 4.74 Å². The van der Waals surface area contributed by atoms with E-state index in [0.29, 0.717) is 11.6 Å². The predicted molar refractivity (Wildman–Crippen MR) is 141 cm³/mol. The Hall–Kier alpha value is -2.19. The zero-order valence-corrected chi connectivity index (χ0v) is 20.9. The molecule has 0 aliphatic heterocycles. The molecule has 1 heterocycles. The average Bonchev–Trinajstić information content (AvgIpc) is 2.78. The summed E-state index contributed by atoms with van der Waals surface area (Å²) < 4.78 is 5.20. The number of benzene rings is 3. The van der Waals surface area contributed by atoms with Crippen LogP contribution in [0.1, 0.15) is 25.0 Å². The molecular formula is C26H25ClIN3O. The van der Waals surface area contributed by atoms with E-state index >= 15 is 0 Å². The average molecular weight is 558 g/mol. The second-order valence-electron chi connectivity index (χ2n) is 8.27. The van der Waals surface area contributed by atoms with E-state index in [-0.39, 0.29) is 0 Å². The lowest BCUT2D eigenvalue weighted by Crippen LogP contribution is -2.58. The Balaban J connectivity index is 1.49. The smallest absolute Gasteiger partial charge is 0.127 e. The Kier molecular flexibility index (Phi) is 6.72. The Labute approximate surface area is 207 Å². The molecule has 0 fully saturated rings. The highest BCUT2D eigenvalue weighted by Crippen LogP contribution is 2.40. The molecule has 3 aromatic carbocycles. The van der Waals surface area contributed by atoms with E-state index < -0.39 is 9.08 Å². The summed E-state index contributed by atoms with van der Waals surface area (Å²) >= 11 is 8.49. The molecular weight excluding hydrogens is 533 g/mol. The SMILES string of the molecule is CC(C)(NCc1ccc(Oc2ccccc2)cc1)C(N)(I)c1ccnc2cc(Cl)ccc12. The number of para-hydroxylation sites is 1. The van der Waals surface area contributed by atoms with Gasteiger partial charge in [0.05, 0.1) is 5.52 Å². The quantitative estimate of drug-likeness (QED) is 0.149. The molecule has 0 radical (unpaired) electrons. The van der Waals surface area contributed by atoms with Crippen LogP contribution < -0.4 is 15.8 Å². The van der Waals surface area contributed by atoms with Crippen LogP contribution in [0.4, 0.5) is 0 Å². The van der Waals surface area contributed by atoms with Crippen LogP contribution in [0.15, 0.2) is 85.1 Å². The number of pyridine rings is 1. The minimum Gasteiger partial charge on any atom is -0.457 e. The van der Waals surface area contributed by atoms with Gasteiger partial charge in [-0.05, 0) is 67.4 Å². The lowest BCUT2D eigenvalue weighted by molar-refractivity contribution is 0.307.